The lowest BCUT2D eigenvalue weighted by atomic mass is 9.65. The van der Waals surface area contributed by atoms with E-state index in [0.29, 0.717) is 35.0 Å². The molecular formula is C27H40F2O. The molecule has 0 aliphatic heterocycles. The molecule has 0 radical (unpaired) electrons. The summed E-state index contributed by atoms with van der Waals surface area (Å²) in [6, 6.07) is 2.06. The first-order chi connectivity index (χ1) is 14.6. The van der Waals surface area contributed by atoms with E-state index in [1.165, 1.54) is 19.3 Å². The minimum absolute atomic E-state index is 0.192. The first-order valence-corrected chi connectivity index (χ1v) is 12.7. The molecule has 1 aromatic rings. The molecule has 4 rings (SSSR count). The fourth-order valence-electron chi connectivity index (χ4n) is 6.53. The molecule has 0 bridgehead atoms. The summed E-state index contributed by atoms with van der Waals surface area (Å²) in [6.07, 6.45) is 14.4. The lowest BCUT2D eigenvalue weighted by Gasteiger charge is -2.42. The van der Waals surface area contributed by atoms with E-state index in [4.69, 9.17) is 4.74 Å². The Kier molecular flexibility index (Phi) is 7.49. The van der Waals surface area contributed by atoms with E-state index in [9.17, 15) is 0 Å². The second-order valence-corrected chi connectivity index (χ2v) is 10.3. The van der Waals surface area contributed by atoms with Crippen molar-refractivity contribution in [1.82, 2.24) is 0 Å². The minimum Gasteiger partial charge on any atom is -0.378 e. The van der Waals surface area contributed by atoms with Gasteiger partial charge in [-0.3, -0.25) is 0 Å². The van der Waals surface area contributed by atoms with E-state index in [0.717, 1.165) is 76.4 Å². The van der Waals surface area contributed by atoms with Gasteiger partial charge in [0.1, 0.15) is 0 Å². The van der Waals surface area contributed by atoms with Crippen LogP contribution in [0.1, 0.15) is 107 Å². The maximum absolute atomic E-state index is 15.2. The van der Waals surface area contributed by atoms with Crippen molar-refractivity contribution in [3.8, 4) is 0 Å². The molecule has 5 unspecified atom stereocenters. The third-order valence-corrected chi connectivity index (χ3v) is 8.27. The predicted octanol–water partition coefficient (Wildman–Crippen LogP) is 7.74. The monoisotopic (exact) mass is 418 g/mol. The van der Waals surface area contributed by atoms with Gasteiger partial charge in [-0.15, -0.1) is 0 Å². The molecule has 3 aliphatic rings. The summed E-state index contributed by atoms with van der Waals surface area (Å²) in [7, 11) is 0. The standard InChI is InChI=1S/C27H40F2O/c1-3-5-6-18-7-8-22-17-25(27(29)26(28)24(22)14-18)21-10-9-20-16-23(30-13-4-2)12-11-19(20)15-21/h17-21,23H,3-16H2,1-2H3. The van der Waals surface area contributed by atoms with E-state index in [1.807, 2.05) is 0 Å². The lowest BCUT2D eigenvalue weighted by Crippen LogP contribution is -2.34. The minimum atomic E-state index is -0.534. The van der Waals surface area contributed by atoms with Crippen LogP contribution < -0.4 is 0 Å². The molecule has 3 heteroatoms. The molecule has 3 aliphatic carbocycles. The molecule has 0 aromatic heterocycles. The molecule has 2 saturated carbocycles. The van der Waals surface area contributed by atoms with Gasteiger partial charge in [-0.1, -0.05) is 39.2 Å². The summed E-state index contributed by atoms with van der Waals surface area (Å²) in [6.45, 7) is 5.22. The highest BCUT2D eigenvalue weighted by Crippen LogP contribution is 2.48. The molecule has 2 fully saturated rings. The second-order valence-electron chi connectivity index (χ2n) is 10.3. The number of hydrogen-bond acceptors (Lipinski definition) is 1. The Balaban J connectivity index is 1.44. The van der Waals surface area contributed by atoms with Gasteiger partial charge >= 0.3 is 0 Å². The summed E-state index contributed by atoms with van der Waals surface area (Å²) in [4.78, 5) is 0. The van der Waals surface area contributed by atoms with Crippen LogP contribution in [-0.2, 0) is 17.6 Å². The Morgan fingerprint density at radius 1 is 0.933 bits per heavy atom. The highest BCUT2D eigenvalue weighted by atomic mass is 19.2. The van der Waals surface area contributed by atoms with Crippen molar-refractivity contribution in [3.05, 3.63) is 34.4 Å². The van der Waals surface area contributed by atoms with Crippen LogP contribution in [0.25, 0.3) is 0 Å². The zero-order valence-corrected chi connectivity index (χ0v) is 19.0. The van der Waals surface area contributed by atoms with Crippen molar-refractivity contribution in [2.45, 2.75) is 109 Å². The average molecular weight is 419 g/mol. The van der Waals surface area contributed by atoms with Gasteiger partial charge in [0.2, 0.25) is 0 Å². The third-order valence-electron chi connectivity index (χ3n) is 8.27. The molecule has 5 atom stereocenters. The maximum Gasteiger partial charge on any atom is 0.162 e. The fourth-order valence-corrected chi connectivity index (χ4v) is 6.53. The Morgan fingerprint density at radius 3 is 2.53 bits per heavy atom. The Labute approximate surface area is 182 Å². The largest absolute Gasteiger partial charge is 0.378 e. The highest BCUT2D eigenvalue weighted by molar-refractivity contribution is 5.38. The first-order valence-electron chi connectivity index (χ1n) is 12.7. The topological polar surface area (TPSA) is 9.23 Å². The van der Waals surface area contributed by atoms with E-state index in [1.54, 1.807) is 0 Å². The summed E-state index contributed by atoms with van der Waals surface area (Å²) in [5.41, 5.74) is 2.46. The molecule has 30 heavy (non-hydrogen) atoms. The molecule has 0 amide bonds. The average Bonchev–Trinajstić information content (AvgIpc) is 2.78. The van der Waals surface area contributed by atoms with Crippen LogP contribution in [0.3, 0.4) is 0 Å². The Morgan fingerprint density at radius 2 is 1.73 bits per heavy atom. The van der Waals surface area contributed by atoms with Crippen LogP contribution in [0, 0.1) is 29.4 Å². The Bertz CT molecular complexity index is 715. The van der Waals surface area contributed by atoms with Gasteiger partial charge in [0.25, 0.3) is 0 Å². The Hall–Kier alpha value is -0.960. The summed E-state index contributed by atoms with van der Waals surface area (Å²) in [5, 5.41) is 0. The molecular weight excluding hydrogens is 378 g/mol. The van der Waals surface area contributed by atoms with Crippen molar-refractivity contribution in [2.24, 2.45) is 17.8 Å². The maximum atomic E-state index is 15.2. The number of benzene rings is 1. The number of hydrogen-bond donors (Lipinski definition) is 0. The normalized spacial score (nSPS) is 31.3. The number of halogens is 2. The molecule has 1 nitrogen and oxygen atoms in total. The van der Waals surface area contributed by atoms with Crippen LogP contribution in [0.5, 0.6) is 0 Å². The molecule has 0 N–H and O–H groups in total. The van der Waals surface area contributed by atoms with Crippen LogP contribution in [0.15, 0.2) is 6.07 Å². The third kappa shape index (κ3) is 4.76. The van der Waals surface area contributed by atoms with Gasteiger partial charge in [0.05, 0.1) is 6.10 Å². The van der Waals surface area contributed by atoms with Crippen molar-refractivity contribution >= 4 is 0 Å². The summed E-state index contributed by atoms with van der Waals surface area (Å²) in [5.74, 6) is 1.02. The van der Waals surface area contributed by atoms with Crippen LogP contribution >= 0.6 is 0 Å². The molecule has 0 heterocycles. The number of ether oxygens (including phenoxy) is 1. The van der Waals surface area contributed by atoms with E-state index in [2.05, 4.69) is 19.9 Å². The molecule has 0 saturated heterocycles. The SMILES string of the molecule is CCCCC1CCc2cc(C3CCC4CC(OCCC)CCC4C3)c(F)c(F)c2C1. The first kappa shape index (κ1) is 22.2. The van der Waals surface area contributed by atoms with Gasteiger partial charge in [-0.25, -0.2) is 8.78 Å². The van der Waals surface area contributed by atoms with Crippen LogP contribution in [-0.4, -0.2) is 12.7 Å². The summed E-state index contributed by atoms with van der Waals surface area (Å²) < 4.78 is 36.3. The van der Waals surface area contributed by atoms with Crippen molar-refractivity contribution < 1.29 is 13.5 Å². The second kappa shape index (κ2) is 10.1. The van der Waals surface area contributed by atoms with Gasteiger partial charge in [0, 0.05) is 6.61 Å². The predicted molar refractivity (Wildman–Crippen MR) is 119 cm³/mol. The fraction of sp³-hybridized carbons (Fsp3) is 0.778. The quantitative estimate of drug-likeness (QED) is 0.440. The number of aryl methyl sites for hydroxylation is 1. The number of unbranched alkanes of at least 4 members (excludes halogenated alkanes) is 1. The van der Waals surface area contributed by atoms with Crippen molar-refractivity contribution in [1.29, 1.82) is 0 Å². The molecule has 0 spiro atoms. The van der Waals surface area contributed by atoms with Crippen molar-refractivity contribution in [2.75, 3.05) is 6.61 Å². The molecule has 168 valence electrons. The highest BCUT2D eigenvalue weighted by Gasteiger charge is 2.38. The van der Waals surface area contributed by atoms with E-state index in [-0.39, 0.29) is 5.92 Å². The zero-order valence-electron chi connectivity index (χ0n) is 19.0. The van der Waals surface area contributed by atoms with Gasteiger partial charge in [-0.05, 0) is 105 Å². The smallest absolute Gasteiger partial charge is 0.162 e. The van der Waals surface area contributed by atoms with E-state index >= 15 is 8.78 Å². The van der Waals surface area contributed by atoms with Gasteiger partial charge in [-0.2, -0.15) is 0 Å². The van der Waals surface area contributed by atoms with Gasteiger partial charge < -0.3 is 4.74 Å². The number of rotatable bonds is 7. The van der Waals surface area contributed by atoms with Crippen LogP contribution in [0.2, 0.25) is 0 Å². The lowest BCUT2D eigenvalue weighted by molar-refractivity contribution is -0.0149. The zero-order chi connectivity index (χ0) is 21.1. The number of fused-ring (bicyclic) bond motifs is 2. The van der Waals surface area contributed by atoms with Crippen molar-refractivity contribution in [3.63, 3.8) is 0 Å². The van der Waals surface area contributed by atoms with E-state index < -0.39 is 11.6 Å². The summed E-state index contributed by atoms with van der Waals surface area (Å²) >= 11 is 0. The van der Waals surface area contributed by atoms with Crippen LogP contribution in [0.4, 0.5) is 8.78 Å². The molecule has 1 aromatic carbocycles. The van der Waals surface area contributed by atoms with Gasteiger partial charge in [0.15, 0.2) is 11.6 Å².